The van der Waals surface area contributed by atoms with Gasteiger partial charge in [-0.05, 0) is 27.7 Å². The summed E-state index contributed by atoms with van der Waals surface area (Å²) in [6.45, 7) is 8.66. The van der Waals surface area contributed by atoms with Crippen LogP contribution in [0.25, 0.3) is 0 Å². The zero-order valence-corrected chi connectivity index (χ0v) is 12.7. The van der Waals surface area contributed by atoms with Crippen LogP contribution in [0.5, 0.6) is 0 Å². The lowest BCUT2D eigenvalue weighted by Gasteiger charge is -2.19. The first-order valence-electron chi connectivity index (χ1n) is 6.69. The van der Waals surface area contributed by atoms with Gasteiger partial charge < -0.3 is 15.2 Å². The molecule has 2 rings (SSSR count). The highest BCUT2D eigenvalue weighted by atomic mass is 16.5. The van der Waals surface area contributed by atoms with E-state index in [1.54, 1.807) is 19.2 Å². The van der Waals surface area contributed by atoms with Crippen LogP contribution in [0.15, 0.2) is 16.8 Å². The zero-order valence-electron chi connectivity index (χ0n) is 12.7. The monoisotopic (exact) mass is 292 g/mol. The predicted octanol–water partition coefficient (Wildman–Crippen LogP) is 1.10. The Morgan fingerprint density at radius 3 is 2.81 bits per heavy atom. The second-order valence-corrected chi connectivity index (χ2v) is 5.88. The van der Waals surface area contributed by atoms with Crippen molar-refractivity contribution in [2.75, 3.05) is 5.32 Å². The average Bonchev–Trinajstić information content (AvgIpc) is 2.95. The molecule has 0 saturated carbocycles. The Bertz CT molecular complexity index is 610. The molecule has 0 saturated heterocycles. The zero-order chi connectivity index (χ0) is 15.5. The molecule has 8 heteroatoms. The van der Waals surface area contributed by atoms with E-state index < -0.39 is 0 Å². The molecule has 8 nitrogen and oxygen atoms in total. The minimum absolute atomic E-state index is 0.00592. The van der Waals surface area contributed by atoms with Gasteiger partial charge in [-0.1, -0.05) is 10.4 Å². The molecule has 114 valence electrons. The fraction of sp³-hybridized carbons (Fsp3) is 0.538. The highest BCUT2D eigenvalue weighted by Crippen LogP contribution is 2.07. The van der Waals surface area contributed by atoms with E-state index in [1.807, 2.05) is 0 Å². The molecule has 0 atom stereocenters. The van der Waals surface area contributed by atoms with Gasteiger partial charge in [0.25, 0.3) is 0 Å². The summed E-state index contributed by atoms with van der Waals surface area (Å²) in [7, 11) is 0. The fourth-order valence-electron chi connectivity index (χ4n) is 1.61. The van der Waals surface area contributed by atoms with Crippen molar-refractivity contribution in [2.45, 2.75) is 46.3 Å². The number of rotatable bonds is 5. The summed E-state index contributed by atoms with van der Waals surface area (Å²) >= 11 is 0. The molecule has 0 radical (unpaired) electrons. The Morgan fingerprint density at radius 2 is 2.19 bits per heavy atom. The number of aromatic nitrogens is 4. The third kappa shape index (κ3) is 4.99. The molecule has 0 aliphatic carbocycles. The lowest BCUT2D eigenvalue weighted by atomic mass is 10.1. The number of nitrogens with one attached hydrogen (secondary N) is 2. The van der Waals surface area contributed by atoms with Gasteiger partial charge in [-0.2, -0.15) is 0 Å². The SMILES string of the molecule is Cc1cc(NC(=O)Cn2cc(CNC(C)(C)C)nn2)no1. The van der Waals surface area contributed by atoms with Gasteiger partial charge in [-0.15, -0.1) is 5.10 Å². The number of amides is 1. The Kier molecular flexibility index (Phi) is 4.37. The van der Waals surface area contributed by atoms with Gasteiger partial charge in [-0.3, -0.25) is 4.79 Å². The van der Waals surface area contributed by atoms with Crippen molar-refractivity contribution >= 4 is 11.7 Å². The highest BCUT2D eigenvalue weighted by molar-refractivity contribution is 5.89. The summed E-state index contributed by atoms with van der Waals surface area (Å²) in [5, 5.41) is 17.6. The molecule has 0 aliphatic rings. The first-order chi connectivity index (χ1) is 9.82. The number of anilines is 1. The van der Waals surface area contributed by atoms with Gasteiger partial charge in [0.2, 0.25) is 5.91 Å². The third-order valence-corrected chi connectivity index (χ3v) is 2.59. The molecule has 2 aromatic heterocycles. The fourth-order valence-corrected chi connectivity index (χ4v) is 1.61. The van der Waals surface area contributed by atoms with Crippen molar-refractivity contribution < 1.29 is 9.32 Å². The van der Waals surface area contributed by atoms with Gasteiger partial charge in [-0.25, -0.2) is 4.68 Å². The van der Waals surface area contributed by atoms with E-state index >= 15 is 0 Å². The molecule has 0 unspecified atom stereocenters. The number of hydrogen-bond acceptors (Lipinski definition) is 6. The van der Waals surface area contributed by atoms with Crippen LogP contribution in [0, 0.1) is 6.92 Å². The van der Waals surface area contributed by atoms with Crippen LogP contribution in [-0.2, 0) is 17.9 Å². The first kappa shape index (κ1) is 15.2. The summed E-state index contributed by atoms with van der Waals surface area (Å²) in [5.41, 5.74) is 0.793. The van der Waals surface area contributed by atoms with Gasteiger partial charge in [0.05, 0.1) is 11.9 Å². The molecule has 21 heavy (non-hydrogen) atoms. The molecular formula is C13H20N6O2. The molecule has 2 N–H and O–H groups in total. The predicted molar refractivity (Wildman–Crippen MR) is 76.5 cm³/mol. The molecule has 0 spiro atoms. The largest absolute Gasteiger partial charge is 0.360 e. The van der Waals surface area contributed by atoms with Crippen LogP contribution in [-0.4, -0.2) is 31.6 Å². The van der Waals surface area contributed by atoms with Crippen LogP contribution in [0.3, 0.4) is 0 Å². The quantitative estimate of drug-likeness (QED) is 0.856. The minimum atomic E-state index is -0.233. The van der Waals surface area contributed by atoms with Crippen LogP contribution in [0.2, 0.25) is 0 Å². The number of hydrogen-bond donors (Lipinski definition) is 2. The van der Waals surface area contributed by atoms with Crippen LogP contribution < -0.4 is 10.6 Å². The van der Waals surface area contributed by atoms with Gasteiger partial charge in [0.1, 0.15) is 12.3 Å². The van der Waals surface area contributed by atoms with Crippen LogP contribution >= 0.6 is 0 Å². The summed E-state index contributed by atoms with van der Waals surface area (Å²) in [6.07, 6.45) is 1.74. The Hall–Kier alpha value is -2.22. The molecule has 2 heterocycles. The van der Waals surface area contributed by atoms with Crippen LogP contribution in [0.4, 0.5) is 5.82 Å². The number of carbonyl (C=O) groups is 1. The standard InChI is InChI=1S/C13H20N6O2/c1-9-5-11(17-21-9)15-12(20)8-19-7-10(16-18-19)6-14-13(2,3)4/h5,7,14H,6,8H2,1-4H3,(H,15,17,20). The lowest BCUT2D eigenvalue weighted by molar-refractivity contribution is -0.117. The minimum Gasteiger partial charge on any atom is -0.360 e. The smallest absolute Gasteiger partial charge is 0.247 e. The third-order valence-electron chi connectivity index (χ3n) is 2.59. The van der Waals surface area contributed by atoms with E-state index in [2.05, 4.69) is 46.9 Å². The Balaban J connectivity index is 1.85. The normalized spacial score (nSPS) is 11.6. The van der Waals surface area contributed by atoms with Gasteiger partial charge in [0.15, 0.2) is 5.82 Å². The van der Waals surface area contributed by atoms with E-state index in [-0.39, 0.29) is 18.0 Å². The lowest BCUT2D eigenvalue weighted by Crippen LogP contribution is -2.35. The number of nitrogens with zero attached hydrogens (tertiary/aromatic N) is 4. The van der Waals surface area contributed by atoms with Gasteiger partial charge in [0, 0.05) is 18.2 Å². The van der Waals surface area contributed by atoms with Gasteiger partial charge >= 0.3 is 0 Å². The molecule has 0 aromatic carbocycles. The molecule has 2 aromatic rings. The summed E-state index contributed by atoms with van der Waals surface area (Å²) < 4.78 is 6.36. The number of carbonyl (C=O) groups excluding carboxylic acids is 1. The van der Waals surface area contributed by atoms with E-state index in [9.17, 15) is 4.79 Å². The maximum atomic E-state index is 11.8. The van der Waals surface area contributed by atoms with Crippen molar-refractivity contribution in [3.05, 3.63) is 23.7 Å². The molecule has 1 amide bonds. The van der Waals surface area contributed by atoms with E-state index in [0.717, 1.165) is 5.69 Å². The Morgan fingerprint density at radius 1 is 1.43 bits per heavy atom. The van der Waals surface area contributed by atoms with Crippen LogP contribution in [0.1, 0.15) is 32.2 Å². The maximum Gasteiger partial charge on any atom is 0.247 e. The number of aryl methyl sites for hydroxylation is 1. The summed E-state index contributed by atoms with van der Waals surface area (Å²) in [5.74, 6) is 0.803. The van der Waals surface area contributed by atoms with E-state index in [4.69, 9.17) is 4.52 Å². The van der Waals surface area contributed by atoms with Crippen molar-refractivity contribution in [3.63, 3.8) is 0 Å². The summed E-state index contributed by atoms with van der Waals surface area (Å²) in [6, 6.07) is 1.65. The van der Waals surface area contributed by atoms with Crippen molar-refractivity contribution in [1.82, 2.24) is 25.5 Å². The van der Waals surface area contributed by atoms with E-state index in [1.165, 1.54) is 4.68 Å². The molecule has 0 fully saturated rings. The van der Waals surface area contributed by atoms with E-state index in [0.29, 0.717) is 18.1 Å². The summed E-state index contributed by atoms with van der Waals surface area (Å²) in [4.78, 5) is 11.8. The highest BCUT2D eigenvalue weighted by Gasteiger charge is 2.12. The maximum absolute atomic E-state index is 11.8. The molecule has 0 aliphatic heterocycles. The molecule has 0 bridgehead atoms. The second kappa shape index (κ2) is 6.04. The first-order valence-corrected chi connectivity index (χ1v) is 6.69. The van der Waals surface area contributed by atoms with Crippen molar-refractivity contribution in [1.29, 1.82) is 0 Å². The topological polar surface area (TPSA) is 97.9 Å². The van der Waals surface area contributed by atoms with Crippen molar-refractivity contribution in [2.24, 2.45) is 0 Å². The second-order valence-electron chi connectivity index (χ2n) is 5.88. The molecular weight excluding hydrogens is 272 g/mol. The average molecular weight is 292 g/mol. The van der Waals surface area contributed by atoms with Crippen molar-refractivity contribution in [3.8, 4) is 0 Å². The Labute approximate surface area is 122 Å².